The van der Waals surface area contributed by atoms with E-state index in [1.807, 2.05) is 13.0 Å². The van der Waals surface area contributed by atoms with E-state index in [0.717, 1.165) is 22.2 Å². The lowest BCUT2D eigenvalue weighted by molar-refractivity contribution is 0.0520. The van der Waals surface area contributed by atoms with Gasteiger partial charge in [0.1, 0.15) is 5.52 Å². The molecule has 1 N–H and O–H groups in total. The zero-order chi connectivity index (χ0) is 21.3. The van der Waals surface area contributed by atoms with Crippen LogP contribution in [0.1, 0.15) is 34.1 Å². The fourth-order valence-corrected chi connectivity index (χ4v) is 4.08. The van der Waals surface area contributed by atoms with Crippen LogP contribution >= 0.6 is 11.3 Å². The molecule has 0 atom stereocenters. The summed E-state index contributed by atoms with van der Waals surface area (Å²) in [5.74, 6) is -0.121. The number of carbonyl (C=O) groups is 1. The van der Waals surface area contributed by atoms with Crippen LogP contribution in [0.2, 0.25) is 0 Å². The van der Waals surface area contributed by atoms with Gasteiger partial charge in [0.25, 0.3) is 0 Å². The summed E-state index contributed by atoms with van der Waals surface area (Å²) in [4.78, 5) is 20.6. The largest absolute Gasteiger partial charge is 0.461 e. The number of nitrogens with one attached hydrogen (secondary N) is 1. The zero-order valence-corrected chi connectivity index (χ0v) is 18.0. The van der Waals surface area contributed by atoms with E-state index in [1.165, 1.54) is 28.0 Å². The second-order valence-corrected chi connectivity index (χ2v) is 7.80. The number of hydrogen-bond acceptors (Lipinski definition) is 8. The predicted molar refractivity (Wildman–Crippen MR) is 118 cm³/mol. The fourth-order valence-electron chi connectivity index (χ4n) is 3.40. The van der Waals surface area contributed by atoms with Crippen molar-refractivity contribution in [2.75, 3.05) is 11.9 Å². The van der Waals surface area contributed by atoms with E-state index in [9.17, 15) is 4.79 Å². The number of fused-ring (bicyclic) bond motifs is 1. The topological polar surface area (TPSA) is 89.9 Å². The van der Waals surface area contributed by atoms with Crippen LogP contribution in [-0.2, 0) is 4.74 Å². The predicted octanol–water partition coefficient (Wildman–Crippen LogP) is 4.99. The number of anilines is 2. The first-order valence-electron chi connectivity index (χ1n) is 9.57. The maximum Gasteiger partial charge on any atom is 0.357 e. The Bertz CT molecular complexity index is 1230. The Hall–Kier alpha value is -3.39. The number of ether oxygens (including phenoxy) is 1. The first-order chi connectivity index (χ1) is 14.5. The van der Waals surface area contributed by atoms with Gasteiger partial charge in [0.15, 0.2) is 10.8 Å². The Labute approximate surface area is 178 Å². The quantitative estimate of drug-likeness (QED) is 0.456. The molecule has 4 rings (SSSR count). The van der Waals surface area contributed by atoms with E-state index < -0.39 is 5.97 Å². The van der Waals surface area contributed by atoms with Gasteiger partial charge in [-0.1, -0.05) is 18.2 Å². The lowest BCUT2D eigenvalue weighted by Gasteiger charge is -2.12. The summed E-state index contributed by atoms with van der Waals surface area (Å²) in [6, 6.07) is 10.4. The minimum Gasteiger partial charge on any atom is -0.461 e. The first-order valence-corrected chi connectivity index (χ1v) is 10.5. The highest BCUT2D eigenvalue weighted by molar-refractivity contribution is 7.14. The number of benzene rings is 2. The highest BCUT2D eigenvalue weighted by atomic mass is 32.1. The van der Waals surface area contributed by atoms with Crippen LogP contribution in [0.4, 0.5) is 11.1 Å². The summed E-state index contributed by atoms with van der Waals surface area (Å²) >= 11 is 1.28. The highest BCUT2D eigenvalue weighted by Gasteiger charge is 2.14. The Kier molecular flexibility index (Phi) is 5.41. The maximum absolute atomic E-state index is 11.8. The molecule has 2 aromatic heterocycles. The maximum atomic E-state index is 11.8. The van der Waals surface area contributed by atoms with Gasteiger partial charge in [-0.2, -0.15) is 0 Å². The van der Waals surface area contributed by atoms with Crippen molar-refractivity contribution in [3.63, 3.8) is 0 Å². The van der Waals surface area contributed by atoms with Crippen molar-refractivity contribution >= 4 is 39.4 Å². The zero-order valence-electron chi connectivity index (χ0n) is 17.2. The lowest BCUT2D eigenvalue weighted by Crippen LogP contribution is -2.05. The number of carbonyl (C=O) groups excluding carboxylic acids is 1. The molecular weight excluding hydrogens is 398 g/mol. The number of aryl methyl sites for hydroxylation is 3. The van der Waals surface area contributed by atoms with Gasteiger partial charge in [-0.3, -0.25) is 5.32 Å². The van der Waals surface area contributed by atoms with E-state index in [4.69, 9.17) is 4.74 Å². The molecule has 7 nitrogen and oxygen atoms in total. The van der Waals surface area contributed by atoms with Gasteiger partial charge in [0, 0.05) is 5.38 Å². The van der Waals surface area contributed by atoms with E-state index >= 15 is 0 Å². The lowest BCUT2D eigenvalue weighted by atomic mass is 9.94. The van der Waals surface area contributed by atoms with Crippen LogP contribution in [-0.4, -0.2) is 32.7 Å². The molecule has 0 aliphatic rings. The monoisotopic (exact) mass is 419 g/mol. The van der Waals surface area contributed by atoms with Crippen LogP contribution in [0.3, 0.4) is 0 Å². The molecule has 8 heteroatoms. The summed E-state index contributed by atoms with van der Waals surface area (Å²) < 4.78 is 4.96. The third kappa shape index (κ3) is 3.86. The molecular formula is C22H21N5O2S. The summed E-state index contributed by atoms with van der Waals surface area (Å²) in [7, 11) is 0. The molecule has 4 aromatic rings. The molecule has 0 spiro atoms. The van der Waals surface area contributed by atoms with Crippen molar-refractivity contribution in [1.82, 2.24) is 20.2 Å². The Balaban J connectivity index is 1.66. The van der Waals surface area contributed by atoms with Crippen molar-refractivity contribution in [2.45, 2.75) is 27.7 Å². The van der Waals surface area contributed by atoms with Gasteiger partial charge in [-0.25, -0.2) is 14.8 Å². The van der Waals surface area contributed by atoms with Crippen molar-refractivity contribution in [3.05, 3.63) is 58.1 Å². The number of thiazole rings is 1. The number of aromatic nitrogens is 4. The van der Waals surface area contributed by atoms with Gasteiger partial charge in [-0.15, -0.1) is 21.5 Å². The molecule has 2 aromatic carbocycles. The highest BCUT2D eigenvalue weighted by Crippen LogP contribution is 2.31. The van der Waals surface area contributed by atoms with Crippen LogP contribution in [0.25, 0.3) is 22.2 Å². The molecule has 0 saturated heterocycles. The summed E-state index contributed by atoms with van der Waals surface area (Å²) in [5.41, 5.74) is 7.51. The number of hydrogen-bond donors (Lipinski definition) is 1. The fraction of sp³-hybridized carbons (Fsp3) is 0.227. The molecule has 0 aliphatic heterocycles. The third-order valence-electron chi connectivity index (χ3n) is 4.73. The van der Waals surface area contributed by atoms with Gasteiger partial charge in [-0.05, 0) is 67.6 Å². The smallest absolute Gasteiger partial charge is 0.357 e. The summed E-state index contributed by atoms with van der Waals surface area (Å²) in [6.07, 6.45) is 0. The van der Waals surface area contributed by atoms with E-state index in [1.54, 1.807) is 12.3 Å². The average molecular weight is 420 g/mol. The van der Waals surface area contributed by atoms with Crippen molar-refractivity contribution in [3.8, 4) is 11.1 Å². The van der Waals surface area contributed by atoms with Crippen LogP contribution in [0, 0.1) is 20.8 Å². The second kappa shape index (κ2) is 8.16. The molecule has 0 radical (unpaired) electrons. The SMILES string of the molecule is CCOC(=O)c1csc(Nc2nnc3cc(-c4c(C)cccc4C)cc(C)c3n2)n1. The molecule has 0 unspecified atom stereocenters. The number of rotatable bonds is 5. The Morgan fingerprint density at radius 1 is 1.07 bits per heavy atom. The van der Waals surface area contributed by atoms with Gasteiger partial charge in [0.05, 0.1) is 12.1 Å². The molecule has 0 fully saturated rings. The number of esters is 1. The van der Waals surface area contributed by atoms with Crippen LogP contribution in [0.15, 0.2) is 35.7 Å². The standard InChI is InChI=1S/C22H21N5O2S/c1-5-29-20(28)17-11-30-22(23-17)25-21-24-19-14(4)9-15(10-16(19)26-27-21)18-12(2)7-6-8-13(18)3/h6-11H,5H2,1-4H3,(H,23,24,25,27). The van der Waals surface area contributed by atoms with E-state index in [-0.39, 0.29) is 5.69 Å². The second-order valence-electron chi connectivity index (χ2n) is 6.95. The van der Waals surface area contributed by atoms with E-state index in [0.29, 0.717) is 17.7 Å². The molecule has 0 aliphatic carbocycles. The molecule has 0 bridgehead atoms. The van der Waals surface area contributed by atoms with Crippen LogP contribution in [0.5, 0.6) is 0 Å². The van der Waals surface area contributed by atoms with Crippen LogP contribution < -0.4 is 5.32 Å². The summed E-state index contributed by atoms with van der Waals surface area (Å²) in [6.45, 7) is 8.29. The molecule has 0 saturated carbocycles. The molecule has 0 amide bonds. The van der Waals surface area contributed by atoms with Gasteiger partial charge < -0.3 is 4.74 Å². The first kappa shape index (κ1) is 19.9. The van der Waals surface area contributed by atoms with Crippen molar-refractivity contribution in [1.29, 1.82) is 0 Å². The Morgan fingerprint density at radius 2 is 1.83 bits per heavy atom. The molecule has 152 valence electrons. The Morgan fingerprint density at radius 3 is 2.57 bits per heavy atom. The van der Waals surface area contributed by atoms with Crippen molar-refractivity contribution in [2.24, 2.45) is 0 Å². The van der Waals surface area contributed by atoms with Gasteiger partial charge in [0.2, 0.25) is 5.95 Å². The van der Waals surface area contributed by atoms with E-state index in [2.05, 4.69) is 63.6 Å². The number of nitrogens with zero attached hydrogens (tertiary/aromatic N) is 4. The third-order valence-corrected chi connectivity index (χ3v) is 5.49. The minimum atomic E-state index is -0.450. The van der Waals surface area contributed by atoms with Gasteiger partial charge >= 0.3 is 5.97 Å². The minimum absolute atomic E-state index is 0.257. The molecule has 2 heterocycles. The van der Waals surface area contributed by atoms with Crippen molar-refractivity contribution < 1.29 is 9.53 Å². The average Bonchev–Trinajstić information content (AvgIpc) is 3.17. The molecule has 30 heavy (non-hydrogen) atoms. The summed E-state index contributed by atoms with van der Waals surface area (Å²) in [5, 5.41) is 13.7. The normalized spacial score (nSPS) is 10.9.